The first-order valence-electron chi connectivity index (χ1n) is 4.19. The van der Waals surface area contributed by atoms with Crippen molar-refractivity contribution in [2.24, 2.45) is 0 Å². The molecule has 78 valence electrons. The number of rotatable bonds is 2. The minimum atomic E-state index is -0.306. The molecule has 5 heteroatoms. The Morgan fingerprint density at radius 1 is 1.67 bits per heavy atom. The van der Waals surface area contributed by atoms with E-state index >= 15 is 0 Å². The van der Waals surface area contributed by atoms with Crippen LogP contribution >= 0.6 is 27.5 Å². The Hall–Kier alpha value is -1.05. The quantitative estimate of drug-likeness (QED) is 0.850. The molecule has 0 bridgehead atoms. The SMILES string of the molecule is CC(Br)C(=O)Nc1cc(C#N)ccc1Cl. The van der Waals surface area contributed by atoms with Gasteiger partial charge in [0.2, 0.25) is 5.91 Å². The van der Waals surface area contributed by atoms with Crippen LogP contribution in [0, 0.1) is 11.3 Å². The molecule has 1 aromatic carbocycles. The molecule has 1 amide bonds. The molecule has 0 saturated heterocycles. The number of hydrogen-bond acceptors (Lipinski definition) is 2. The summed E-state index contributed by atoms with van der Waals surface area (Å²) < 4.78 is 0. The van der Waals surface area contributed by atoms with Gasteiger partial charge in [-0.2, -0.15) is 5.26 Å². The lowest BCUT2D eigenvalue weighted by molar-refractivity contribution is -0.115. The molecule has 0 radical (unpaired) electrons. The van der Waals surface area contributed by atoms with Gasteiger partial charge >= 0.3 is 0 Å². The number of benzene rings is 1. The molecule has 1 rings (SSSR count). The summed E-state index contributed by atoms with van der Waals surface area (Å²) in [4.78, 5) is 11.1. The van der Waals surface area contributed by atoms with Crippen LogP contribution in [0.25, 0.3) is 0 Å². The fourth-order valence-electron chi connectivity index (χ4n) is 0.923. The highest BCUT2D eigenvalue weighted by molar-refractivity contribution is 9.10. The fraction of sp³-hybridized carbons (Fsp3) is 0.200. The van der Waals surface area contributed by atoms with Gasteiger partial charge in [0.05, 0.1) is 27.2 Å². The van der Waals surface area contributed by atoms with E-state index in [2.05, 4.69) is 21.2 Å². The average molecular weight is 288 g/mol. The topological polar surface area (TPSA) is 52.9 Å². The Kier molecular flexibility index (Phi) is 4.13. The molecule has 1 N–H and O–H groups in total. The number of hydrogen-bond donors (Lipinski definition) is 1. The average Bonchev–Trinajstić information content (AvgIpc) is 2.21. The van der Waals surface area contributed by atoms with Gasteiger partial charge in [-0.15, -0.1) is 0 Å². The number of nitriles is 1. The number of amides is 1. The van der Waals surface area contributed by atoms with E-state index in [0.717, 1.165) is 0 Å². The van der Waals surface area contributed by atoms with Crippen molar-refractivity contribution in [1.29, 1.82) is 5.26 Å². The largest absolute Gasteiger partial charge is 0.324 e. The molecule has 0 saturated carbocycles. The Bertz CT molecular complexity index is 426. The molecule has 0 fully saturated rings. The maximum absolute atomic E-state index is 11.4. The Labute approximate surface area is 101 Å². The number of carbonyl (C=O) groups excluding carboxylic acids is 1. The summed E-state index contributed by atoms with van der Waals surface area (Å²) >= 11 is 9.00. The van der Waals surface area contributed by atoms with Gasteiger partial charge < -0.3 is 5.32 Å². The number of nitrogens with one attached hydrogen (secondary N) is 1. The van der Waals surface area contributed by atoms with Gasteiger partial charge in [-0.3, -0.25) is 4.79 Å². The zero-order chi connectivity index (χ0) is 11.4. The molecule has 1 aromatic rings. The lowest BCUT2D eigenvalue weighted by Crippen LogP contribution is -2.20. The molecule has 3 nitrogen and oxygen atoms in total. The van der Waals surface area contributed by atoms with Gasteiger partial charge in [-0.05, 0) is 25.1 Å². The van der Waals surface area contributed by atoms with Crippen molar-refractivity contribution < 1.29 is 4.79 Å². The predicted octanol–water partition coefficient (Wildman–Crippen LogP) is 2.93. The molecule has 15 heavy (non-hydrogen) atoms. The van der Waals surface area contributed by atoms with Gasteiger partial charge in [0.1, 0.15) is 0 Å². The lowest BCUT2D eigenvalue weighted by atomic mass is 10.2. The van der Waals surface area contributed by atoms with E-state index in [1.807, 2.05) is 6.07 Å². The highest BCUT2D eigenvalue weighted by Crippen LogP contribution is 2.23. The molecule has 0 aliphatic rings. The molecule has 0 spiro atoms. The Balaban J connectivity index is 2.94. The Morgan fingerprint density at radius 2 is 2.33 bits per heavy atom. The van der Waals surface area contributed by atoms with Crippen molar-refractivity contribution in [1.82, 2.24) is 0 Å². The van der Waals surface area contributed by atoms with Crippen LogP contribution in [-0.4, -0.2) is 10.7 Å². The smallest absolute Gasteiger partial charge is 0.237 e. The summed E-state index contributed by atoms with van der Waals surface area (Å²) in [7, 11) is 0. The van der Waals surface area contributed by atoms with Crippen molar-refractivity contribution in [2.45, 2.75) is 11.8 Å². The standard InChI is InChI=1S/C10H8BrClN2O/c1-6(11)10(15)14-9-4-7(5-13)2-3-8(9)12/h2-4,6H,1H3,(H,14,15). The molecule has 0 aromatic heterocycles. The fourth-order valence-corrected chi connectivity index (χ4v) is 1.20. The van der Waals surface area contributed by atoms with Crippen LogP contribution in [0.4, 0.5) is 5.69 Å². The van der Waals surface area contributed by atoms with Crippen molar-refractivity contribution in [3.05, 3.63) is 28.8 Å². The van der Waals surface area contributed by atoms with Gasteiger partial charge in [0.25, 0.3) is 0 Å². The van der Waals surface area contributed by atoms with Gasteiger partial charge in [-0.1, -0.05) is 27.5 Å². The number of halogens is 2. The molecule has 1 atom stereocenters. The maximum Gasteiger partial charge on any atom is 0.237 e. The first kappa shape index (κ1) is 12.0. The third-order valence-corrected chi connectivity index (χ3v) is 2.46. The van der Waals surface area contributed by atoms with E-state index in [-0.39, 0.29) is 10.7 Å². The summed E-state index contributed by atoms with van der Waals surface area (Å²) in [6.45, 7) is 1.71. The zero-order valence-electron chi connectivity index (χ0n) is 7.92. The van der Waals surface area contributed by atoms with Crippen LogP contribution in [0.2, 0.25) is 5.02 Å². The first-order valence-corrected chi connectivity index (χ1v) is 5.48. The highest BCUT2D eigenvalue weighted by atomic mass is 79.9. The first-order chi connectivity index (χ1) is 7.04. The van der Waals surface area contributed by atoms with Crippen LogP contribution in [0.5, 0.6) is 0 Å². The molecule has 0 aliphatic heterocycles. The van der Waals surface area contributed by atoms with Crippen molar-refractivity contribution in [3.63, 3.8) is 0 Å². The second-order valence-electron chi connectivity index (χ2n) is 2.91. The second-order valence-corrected chi connectivity index (χ2v) is 4.69. The summed E-state index contributed by atoms with van der Waals surface area (Å²) in [5.41, 5.74) is 0.906. The summed E-state index contributed by atoms with van der Waals surface area (Å²) in [5.74, 6) is -0.202. The third-order valence-electron chi connectivity index (χ3n) is 1.71. The van der Waals surface area contributed by atoms with E-state index in [1.165, 1.54) is 6.07 Å². The summed E-state index contributed by atoms with van der Waals surface area (Å²) in [6, 6.07) is 6.68. The van der Waals surface area contributed by atoms with Crippen molar-refractivity contribution in [2.75, 3.05) is 5.32 Å². The van der Waals surface area contributed by atoms with Crippen LogP contribution in [-0.2, 0) is 4.79 Å². The van der Waals surface area contributed by atoms with E-state index in [0.29, 0.717) is 16.3 Å². The van der Waals surface area contributed by atoms with Gasteiger partial charge in [-0.25, -0.2) is 0 Å². The van der Waals surface area contributed by atoms with Crippen LogP contribution in [0.1, 0.15) is 12.5 Å². The molecule has 0 heterocycles. The number of anilines is 1. The molecular weight excluding hydrogens is 279 g/mol. The van der Waals surface area contributed by atoms with Gasteiger partial charge in [0, 0.05) is 0 Å². The minimum Gasteiger partial charge on any atom is -0.324 e. The van der Waals surface area contributed by atoms with Gasteiger partial charge in [0.15, 0.2) is 0 Å². The van der Waals surface area contributed by atoms with Crippen molar-refractivity contribution >= 4 is 39.1 Å². The normalized spacial score (nSPS) is 11.6. The lowest BCUT2D eigenvalue weighted by Gasteiger charge is -2.08. The van der Waals surface area contributed by atoms with E-state index in [1.54, 1.807) is 19.1 Å². The maximum atomic E-state index is 11.4. The number of alkyl halides is 1. The predicted molar refractivity (Wildman–Crippen MR) is 63.2 cm³/mol. The van der Waals surface area contributed by atoms with E-state index in [9.17, 15) is 4.79 Å². The summed E-state index contributed by atoms with van der Waals surface area (Å²) in [5, 5.41) is 11.7. The zero-order valence-corrected chi connectivity index (χ0v) is 10.3. The molecular formula is C10H8BrClN2O. The minimum absolute atomic E-state index is 0.202. The monoisotopic (exact) mass is 286 g/mol. The van der Waals surface area contributed by atoms with Crippen LogP contribution in [0.3, 0.4) is 0 Å². The number of nitrogens with zero attached hydrogens (tertiary/aromatic N) is 1. The van der Waals surface area contributed by atoms with Crippen molar-refractivity contribution in [3.8, 4) is 6.07 Å². The Morgan fingerprint density at radius 3 is 2.87 bits per heavy atom. The highest BCUT2D eigenvalue weighted by Gasteiger charge is 2.11. The van der Waals surface area contributed by atoms with Crippen LogP contribution < -0.4 is 5.32 Å². The summed E-state index contributed by atoms with van der Waals surface area (Å²) in [6.07, 6.45) is 0. The molecule has 0 aliphatic carbocycles. The number of carbonyl (C=O) groups is 1. The second kappa shape index (κ2) is 5.15. The molecule has 1 unspecified atom stereocenters. The van der Waals surface area contributed by atoms with E-state index < -0.39 is 0 Å². The third kappa shape index (κ3) is 3.22. The van der Waals surface area contributed by atoms with E-state index in [4.69, 9.17) is 16.9 Å². The van der Waals surface area contributed by atoms with Crippen LogP contribution in [0.15, 0.2) is 18.2 Å².